The van der Waals surface area contributed by atoms with Crippen LogP contribution in [-0.4, -0.2) is 37.7 Å². The predicted molar refractivity (Wildman–Crippen MR) is 121 cm³/mol. The molecule has 2 aromatic rings. The van der Waals surface area contributed by atoms with E-state index in [1.165, 1.54) is 17.1 Å². The molecule has 1 aliphatic heterocycles. The van der Waals surface area contributed by atoms with E-state index < -0.39 is 10.0 Å². The molecule has 1 heterocycles. The van der Waals surface area contributed by atoms with Crippen LogP contribution in [0.25, 0.3) is 0 Å². The van der Waals surface area contributed by atoms with Gasteiger partial charge < -0.3 is 4.74 Å². The topological polar surface area (TPSA) is 63.7 Å². The van der Waals surface area contributed by atoms with E-state index in [-0.39, 0.29) is 17.8 Å². The Kier molecular flexibility index (Phi) is 6.49. The molecule has 0 N–H and O–H groups in total. The van der Waals surface area contributed by atoms with Crippen molar-refractivity contribution in [1.29, 1.82) is 0 Å². The molecule has 0 aromatic heterocycles. The average molecular weight is 442 g/mol. The van der Waals surface area contributed by atoms with Crippen molar-refractivity contribution in [2.75, 3.05) is 13.1 Å². The zero-order valence-corrected chi connectivity index (χ0v) is 19.1. The van der Waals surface area contributed by atoms with E-state index in [1.54, 1.807) is 12.1 Å². The Morgan fingerprint density at radius 2 is 1.61 bits per heavy atom. The molecule has 31 heavy (non-hydrogen) atoms. The van der Waals surface area contributed by atoms with E-state index in [1.807, 2.05) is 43.3 Å². The van der Waals surface area contributed by atoms with Crippen molar-refractivity contribution in [3.63, 3.8) is 0 Å². The van der Waals surface area contributed by atoms with Gasteiger partial charge in [0.1, 0.15) is 11.5 Å². The van der Waals surface area contributed by atoms with Crippen molar-refractivity contribution >= 4 is 15.8 Å². The van der Waals surface area contributed by atoms with Gasteiger partial charge in [0.15, 0.2) is 0 Å². The molecule has 1 aliphatic carbocycles. The highest BCUT2D eigenvalue weighted by Gasteiger charge is 2.32. The number of piperidine rings is 1. The first-order valence-electron chi connectivity index (χ1n) is 11.2. The number of sulfonamides is 1. The Morgan fingerprint density at radius 3 is 2.19 bits per heavy atom. The highest BCUT2D eigenvalue weighted by Crippen LogP contribution is 2.34. The highest BCUT2D eigenvalue weighted by atomic mass is 32.2. The van der Waals surface area contributed by atoms with Crippen LogP contribution in [0.5, 0.6) is 5.75 Å². The van der Waals surface area contributed by atoms with Crippen LogP contribution in [0.1, 0.15) is 43.7 Å². The fourth-order valence-electron chi connectivity index (χ4n) is 4.19. The summed E-state index contributed by atoms with van der Waals surface area (Å²) in [4.78, 5) is 13.1. The number of hydrogen-bond donors (Lipinski definition) is 0. The molecular formula is C25H31NO4S. The molecule has 6 heteroatoms. The standard InChI is InChI=1S/C25H31NO4S/c1-18-3-11-24(12-4-18)31(28,29)26-15-13-22(14-16-26)25(27)17-20-5-9-23(10-6-20)30-19(2)21-7-8-21/h3-6,9-12,19,21-22H,7-8,13-17H2,1-2H3. The summed E-state index contributed by atoms with van der Waals surface area (Å²) in [5, 5.41) is 0. The molecular weight excluding hydrogens is 410 g/mol. The number of carbonyl (C=O) groups excluding carboxylic acids is 1. The minimum Gasteiger partial charge on any atom is -0.490 e. The van der Waals surface area contributed by atoms with Crippen molar-refractivity contribution in [3.8, 4) is 5.75 Å². The van der Waals surface area contributed by atoms with E-state index in [9.17, 15) is 13.2 Å². The monoisotopic (exact) mass is 441 g/mol. The molecule has 1 saturated carbocycles. The second-order valence-electron chi connectivity index (χ2n) is 8.94. The molecule has 2 aromatic carbocycles. The molecule has 0 amide bonds. The van der Waals surface area contributed by atoms with Crippen molar-refractivity contribution < 1.29 is 17.9 Å². The molecule has 2 fully saturated rings. The lowest BCUT2D eigenvalue weighted by Gasteiger charge is -2.30. The molecule has 1 saturated heterocycles. The second-order valence-corrected chi connectivity index (χ2v) is 10.9. The van der Waals surface area contributed by atoms with Crippen LogP contribution in [0, 0.1) is 18.8 Å². The van der Waals surface area contributed by atoms with Gasteiger partial charge in [-0.15, -0.1) is 0 Å². The largest absolute Gasteiger partial charge is 0.490 e. The molecule has 166 valence electrons. The van der Waals surface area contributed by atoms with Crippen LogP contribution in [0.4, 0.5) is 0 Å². The van der Waals surface area contributed by atoms with Gasteiger partial charge >= 0.3 is 0 Å². The summed E-state index contributed by atoms with van der Waals surface area (Å²) in [6, 6.07) is 14.7. The van der Waals surface area contributed by atoms with Gasteiger partial charge in [-0.1, -0.05) is 29.8 Å². The number of rotatable bonds is 8. The summed E-state index contributed by atoms with van der Waals surface area (Å²) in [6.07, 6.45) is 4.27. The van der Waals surface area contributed by atoms with Crippen molar-refractivity contribution in [2.24, 2.45) is 11.8 Å². The van der Waals surface area contributed by atoms with Gasteiger partial charge in [0, 0.05) is 25.4 Å². The Labute approximate surface area is 185 Å². The second kappa shape index (κ2) is 9.13. The summed E-state index contributed by atoms with van der Waals surface area (Å²) in [5.74, 6) is 1.63. The molecule has 4 rings (SSSR count). The number of aryl methyl sites for hydroxylation is 1. The van der Waals surface area contributed by atoms with Crippen LogP contribution < -0.4 is 4.74 Å². The third-order valence-electron chi connectivity index (χ3n) is 6.48. The number of hydrogen-bond acceptors (Lipinski definition) is 4. The van der Waals surface area contributed by atoms with Gasteiger partial charge in [0.2, 0.25) is 10.0 Å². The van der Waals surface area contributed by atoms with Gasteiger partial charge in [0.05, 0.1) is 11.0 Å². The van der Waals surface area contributed by atoms with Gasteiger partial charge in [-0.3, -0.25) is 4.79 Å². The molecule has 0 bridgehead atoms. The van der Waals surface area contributed by atoms with Gasteiger partial charge in [0.25, 0.3) is 0 Å². The van der Waals surface area contributed by atoms with E-state index in [0.29, 0.717) is 43.2 Å². The summed E-state index contributed by atoms with van der Waals surface area (Å²) in [7, 11) is -3.50. The molecule has 1 atom stereocenters. The molecule has 0 radical (unpaired) electrons. The number of carbonyl (C=O) groups is 1. The van der Waals surface area contributed by atoms with Crippen LogP contribution >= 0.6 is 0 Å². The normalized spacial score (nSPS) is 19.2. The number of benzene rings is 2. The Hall–Kier alpha value is -2.18. The van der Waals surface area contributed by atoms with Crippen molar-refractivity contribution in [3.05, 3.63) is 59.7 Å². The van der Waals surface area contributed by atoms with E-state index >= 15 is 0 Å². The molecule has 5 nitrogen and oxygen atoms in total. The first kappa shape index (κ1) is 22.0. The quantitative estimate of drug-likeness (QED) is 0.610. The lowest BCUT2D eigenvalue weighted by atomic mass is 9.90. The summed E-state index contributed by atoms with van der Waals surface area (Å²) < 4.78 is 33.2. The zero-order chi connectivity index (χ0) is 22.0. The van der Waals surface area contributed by atoms with Crippen LogP contribution in [0.15, 0.2) is 53.4 Å². The lowest BCUT2D eigenvalue weighted by molar-refractivity contribution is -0.123. The Bertz CT molecular complexity index is 1000. The first-order valence-corrected chi connectivity index (χ1v) is 12.6. The Morgan fingerprint density at radius 1 is 1.00 bits per heavy atom. The predicted octanol–water partition coefficient (Wildman–Crippen LogP) is 4.38. The maximum Gasteiger partial charge on any atom is 0.243 e. The molecule has 2 aliphatic rings. The maximum atomic E-state index is 12.8. The number of ketones is 1. The van der Waals surface area contributed by atoms with Crippen LogP contribution in [0.2, 0.25) is 0 Å². The minimum absolute atomic E-state index is 0.0877. The minimum atomic E-state index is -3.50. The van der Waals surface area contributed by atoms with Crippen LogP contribution in [-0.2, 0) is 21.2 Å². The smallest absolute Gasteiger partial charge is 0.243 e. The number of ether oxygens (including phenoxy) is 1. The lowest BCUT2D eigenvalue weighted by Crippen LogP contribution is -2.40. The average Bonchev–Trinajstić information content (AvgIpc) is 3.61. The number of nitrogens with zero attached hydrogens (tertiary/aromatic N) is 1. The third kappa shape index (κ3) is 5.36. The van der Waals surface area contributed by atoms with Gasteiger partial charge in [-0.25, -0.2) is 8.42 Å². The SMILES string of the molecule is Cc1ccc(S(=O)(=O)N2CCC(C(=O)Cc3ccc(OC(C)C4CC4)cc3)CC2)cc1. The third-order valence-corrected chi connectivity index (χ3v) is 8.39. The van der Waals surface area contributed by atoms with Crippen LogP contribution in [0.3, 0.4) is 0 Å². The summed E-state index contributed by atoms with van der Waals surface area (Å²) in [6.45, 7) is 4.82. The van der Waals surface area contributed by atoms with Crippen molar-refractivity contribution in [1.82, 2.24) is 4.31 Å². The number of Topliss-reactive ketones (excluding diaryl/α,β-unsaturated/α-hetero) is 1. The van der Waals surface area contributed by atoms with E-state index in [4.69, 9.17) is 4.74 Å². The fourth-order valence-corrected chi connectivity index (χ4v) is 5.66. The van der Waals surface area contributed by atoms with E-state index in [2.05, 4.69) is 6.92 Å². The fraction of sp³-hybridized carbons (Fsp3) is 0.480. The molecule has 0 spiro atoms. The summed E-state index contributed by atoms with van der Waals surface area (Å²) >= 11 is 0. The van der Waals surface area contributed by atoms with Crippen molar-refractivity contribution in [2.45, 2.75) is 57.0 Å². The first-order chi connectivity index (χ1) is 14.8. The Balaban J connectivity index is 1.29. The van der Waals surface area contributed by atoms with E-state index in [0.717, 1.165) is 16.9 Å². The van der Waals surface area contributed by atoms with Gasteiger partial charge in [-0.05, 0) is 75.3 Å². The van der Waals surface area contributed by atoms with Gasteiger partial charge in [-0.2, -0.15) is 4.31 Å². The zero-order valence-electron chi connectivity index (χ0n) is 18.3. The molecule has 1 unspecified atom stereocenters. The highest BCUT2D eigenvalue weighted by molar-refractivity contribution is 7.89. The summed E-state index contributed by atoms with van der Waals surface area (Å²) in [5.41, 5.74) is 2.01. The maximum absolute atomic E-state index is 12.8.